The number of sulfonamides is 1. The van der Waals surface area contributed by atoms with Crippen LogP contribution in [0.2, 0.25) is 5.02 Å². The Morgan fingerprint density at radius 3 is 2.35 bits per heavy atom. The van der Waals surface area contributed by atoms with Gasteiger partial charge in [0.25, 0.3) is 0 Å². The van der Waals surface area contributed by atoms with Gasteiger partial charge in [-0.05, 0) is 68.0 Å². The van der Waals surface area contributed by atoms with Crippen LogP contribution in [-0.4, -0.2) is 49.2 Å². The van der Waals surface area contributed by atoms with Gasteiger partial charge in [-0.15, -0.1) is 0 Å². The van der Waals surface area contributed by atoms with Crippen molar-refractivity contribution in [3.8, 4) is 0 Å². The van der Waals surface area contributed by atoms with Gasteiger partial charge in [0, 0.05) is 36.6 Å². The van der Waals surface area contributed by atoms with E-state index >= 15 is 0 Å². The average molecular weight is 465 g/mol. The van der Waals surface area contributed by atoms with Crippen LogP contribution in [0, 0.1) is 11.7 Å². The second-order valence-corrected chi connectivity index (χ2v) is 10.6. The molecule has 1 amide bonds. The molecule has 31 heavy (non-hydrogen) atoms. The van der Waals surface area contributed by atoms with E-state index < -0.39 is 15.8 Å². The maximum absolute atomic E-state index is 13.2. The first-order valence-corrected chi connectivity index (χ1v) is 12.5. The molecule has 0 radical (unpaired) electrons. The highest BCUT2D eigenvalue weighted by atomic mass is 35.5. The molecule has 2 aromatic carbocycles. The van der Waals surface area contributed by atoms with E-state index in [2.05, 4.69) is 0 Å². The molecule has 2 heterocycles. The van der Waals surface area contributed by atoms with Crippen LogP contribution in [0.3, 0.4) is 0 Å². The number of hydrogen-bond acceptors (Lipinski definition) is 3. The number of piperidine rings is 1. The van der Waals surface area contributed by atoms with Crippen molar-refractivity contribution >= 4 is 27.5 Å². The first-order chi connectivity index (χ1) is 14.9. The second-order valence-electron chi connectivity index (χ2n) is 8.26. The molecule has 0 aliphatic carbocycles. The number of carbonyl (C=O) groups is 1. The Kier molecular flexibility index (Phi) is 6.65. The summed E-state index contributed by atoms with van der Waals surface area (Å²) < 4.78 is 40.2. The van der Waals surface area contributed by atoms with Crippen LogP contribution in [0.25, 0.3) is 0 Å². The number of hydrogen-bond donors (Lipinski definition) is 0. The number of halogens is 2. The first-order valence-electron chi connectivity index (χ1n) is 10.7. The molecular formula is C23H26ClFN2O3S. The predicted octanol–water partition coefficient (Wildman–Crippen LogP) is 4.11. The van der Waals surface area contributed by atoms with Crippen molar-refractivity contribution in [2.75, 3.05) is 19.6 Å². The molecule has 2 aliphatic heterocycles. The van der Waals surface area contributed by atoms with Gasteiger partial charge in [-0.25, -0.2) is 12.8 Å². The lowest BCUT2D eigenvalue weighted by molar-refractivity contribution is -0.137. The third-order valence-corrected chi connectivity index (χ3v) is 8.61. The summed E-state index contributed by atoms with van der Waals surface area (Å²) in [5.41, 5.74) is 1.05. The minimum atomic E-state index is -3.68. The monoisotopic (exact) mass is 464 g/mol. The van der Waals surface area contributed by atoms with Crippen LogP contribution in [0.15, 0.2) is 53.4 Å². The van der Waals surface area contributed by atoms with Gasteiger partial charge in [0.1, 0.15) is 5.82 Å². The maximum atomic E-state index is 13.2. The summed E-state index contributed by atoms with van der Waals surface area (Å²) in [5, 5.41) is 0.723. The summed E-state index contributed by atoms with van der Waals surface area (Å²) in [6.07, 6.45) is 3.65. The number of benzene rings is 2. The standard InChI is InChI=1S/C23H26ClFN2O3S/c24-22-6-2-1-4-18(22)16-20-5-3-13-27(20)23(28)17-11-14-26(15-12-17)31(29,30)21-9-7-19(25)8-10-21/h1-2,4,6-10,17,20H,3,5,11-16H2. The van der Waals surface area contributed by atoms with Crippen LogP contribution in [0.1, 0.15) is 31.2 Å². The molecule has 4 rings (SSSR count). The van der Waals surface area contributed by atoms with Crippen molar-refractivity contribution < 1.29 is 17.6 Å². The molecule has 0 spiro atoms. The molecule has 0 aromatic heterocycles. The van der Waals surface area contributed by atoms with E-state index in [0.717, 1.165) is 48.5 Å². The van der Waals surface area contributed by atoms with E-state index in [9.17, 15) is 17.6 Å². The fourth-order valence-electron chi connectivity index (χ4n) is 4.59. The van der Waals surface area contributed by atoms with Crippen LogP contribution < -0.4 is 0 Å². The molecule has 0 saturated carbocycles. The maximum Gasteiger partial charge on any atom is 0.243 e. The molecule has 2 aliphatic rings. The summed E-state index contributed by atoms with van der Waals surface area (Å²) >= 11 is 6.31. The fourth-order valence-corrected chi connectivity index (χ4v) is 6.27. The van der Waals surface area contributed by atoms with Gasteiger partial charge in [-0.3, -0.25) is 4.79 Å². The van der Waals surface area contributed by atoms with Gasteiger partial charge in [0.05, 0.1) is 4.90 Å². The van der Waals surface area contributed by atoms with Crippen molar-refractivity contribution in [2.24, 2.45) is 5.92 Å². The van der Waals surface area contributed by atoms with Crippen molar-refractivity contribution in [2.45, 2.75) is 43.0 Å². The van der Waals surface area contributed by atoms with E-state index in [1.165, 1.54) is 16.4 Å². The van der Waals surface area contributed by atoms with E-state index in [0.29, 0.717) is 25.9 Å². The van der Waals surface area contributed by atoms with Crippen molar-refractivity contribution in [1.82, 2.24) is 9.21 Å². The third kappa shape index (κ3) is 4.78. The minimum absolute atomic E-state index is 0.0815. The zero-order chi connectivity index (χ0) is 22.0. The van der Waals surface area contributed by atoms with Gasteiger partial charge < -0.3 is 4.90 Å². The summed E-state index contributed by atoms with van der Waals surface area (Å²) in [6, 6.07) is 12.7. The molecular weight excluding hydrogens is 439 g/mol. The Morgan fingerprint density at radius 2 is 1.68 bits per heavy atom. The van der Waals surface area contributed by atoms with Crippen molar-refractivity contribution in [1.29, 1.82) is 0 Å². The quantitative estimate of drug-likeness (QED) is 0.669. The molecule has 2 saturated heterocycles. The normalized spacial score (nSPS) is 20.8. The number of amides is 1. The summed E-state index contributed by atoms with van der Waals surface area (Å²) in [7, 11) is -3.68. The molecule has 166 valence electrons. The Hall–Kier alpha value is -1.96. The lowest BCUT2D eigenvalue weighted by Crippen LogP contribution is -2.46. The second kappa shape index (κ2) is 9.27. The predicted molar refractivity (Wildman–Crippen MR) is 118 cm³/mol. The Morgan fingerprint density at radius 1 is 1.00 bits per heavy atom. The molecule has 1 atom stereocenters. The first kappa shape index (κ1) is 22.2. The van der Waals surface area contributed by atoms with Crippen molar-refractivity contribution in [3.63, 3.8) is 0 Å². The average Bonchev–Trinajstić information content (AvgIpc) is 3.23. The van der Waals surface area contributed by atoms with Gasteiger partial charge in [0.15, 0.2) is 0 Å². The lowest BCUT2D eigenvalue weighted by atomic mass is 9.95. The topological polar surface area (TPSA) is 57.7 Å². The van der Waals surface area contributed by atoms with Gasteiger partial charge in [-0.2, -0.15) is 4.31 Å². The molecule has 1 unspecified atom stereocenters. The zero-order valence-electron chi connectivity index (χ0n) is 17.2. The third-order valence-electron chi connectivity index (χ3n) is 6.33. The molecule has 0 N–H and O–H groups in total. The SMILES string of the molecule is O=C(C1CCN(S(=O)(=O)c2ccc(F)cc2)CC1)N1CCCC1Cc1ccccc1Cl. The molecule has 5 nitrogen and oxygen atoms in total. The number of nitrogens with zero attached hydrogens (tertiary/aromatic N) is 2. The van der Waals surface area contributed by atoms with E-state index in [1.54, 1.807) is 0 Å². The van der Waals surface area contributed by atoms with E-state index in [1.807, 2.05) is 29.2 Å². The van der Waals surface area contributed by atoms with Crippen LogP contribution >= 0.6 is 11.6 Å². The summed E-state index contributed by atoms with van der Waals surface area (Å²) in [6.45, 7) is 1.32. The highest BCUT2D eigenvalue weighted by molar-refractivity contribution is 7.89. The number of likely N-dealkylation sites (tertiary alicyclic amines) is 1. The van der Waals surface area contributed by atoms with Gasteiger partial charge in [0.2, 0.25) is 15.9 Å². The minimum Gasteiger partial charge on any atom is -0.339 e. The van der Waals surface area contributed by atoms with Gasteiger partial charge >= 0.3 is 0 Å². The fraction of sp³-hybridized carbons (Fsp3) is 0.435. The summed E-state index contributed by atoms with van der Waals surface area (Å²) in [5.74, 6) is -0.528. The lowest BCUT2D eigenvalue weighted by Gasteiger charge is -2.34. The molecule has 2 aromatic rings. The van der Waals surface area contributed by atoms with Crippen LogP contribution in [-0.2, 0) is 21.2 Å². The smallest absolute Gasteiger partial charge is 0.243 e. The number of rotatable bonds is 5. The van der Waals surface area contributed by atoms with E-state index in [-0.39, 0.29) is 22.8 Å². The van der Waals surface area contributed by atoms with Crippen LogP contribution in [0.4, 0.5) is 4.39 Å². The molecule has 8 heteroatoms. The van der Waals surface area contributed by atoms with Crippen molar-refractivity contribution in [3.05, 3.63) is 64.9 Å². The molecule has 0 bridgehead atoms. The Balaban J connectivity index is 1.38. The highest BCUT2D eigenvalue weighted by Crippen LogP contribution is 2.30. The zero-order valence-corrected chi connectivity index (χ0v) is 18.8. The highest BCUT2D eigenvalue weighted by Gasteiger charge is 2.37. The molecule has 2 fully saturated rings. The van der Waals surface area contributed by atoms with Gasteiger partial charge in [-0.1, -0.05) is 29.8 Å². The van der Waals surface area contributed by atoms with E-state index in [4.69, 9.17) is 11.6 Å². The summed E-state index contributed by atoms with van der Waals surface area (Å²) in [4.78, 5) is 15.3. The Labute approximate surface area is 187 Å². The largest absolute Gasteiger partial charge is 0.339 e. The Bertz CT molecular complexity index is 1040. The van der Waals surface area contributed by atoms with Crippen LogP contribution in [0.5, 0.6) is 0 Å². The number of carbonyl (C=O) groups excluding carboxylic acids is 1.